The van der Waals surface area contributed by atoms with Crippen LogP contribution in [0, 0.1) is 18.3 Å². The molecule has 0 radical (unpaired) electrons. The second kappa shape index (κ2) is 8.31. The van der Waals surface area contributed by atoms with Gasteiger partial charge in [-0.05, 0) is 72.2 Å². The largest absolute Gasteiger partial charge is 0.493 e. The molecule has 0 aromatic heterocycles. The van der Waals surface area contributed by atoms with Crippen LogP contribution in [0.5, 0.6) is 5.75 Å². The summed E-state index contributed by atoms with van der Waals surface area (Å²) >= 11 is 2.03. The van der Waals surface area contributed by atoms with Crippen molar-refractivity contribution < 1.29 is 13.7 Å². The summed E-state index contributed by atoms with van der Waals surface area (Å²) in [6.07, 6.45) is 2.29. The van der Waals surface area contributed by atoms with E-state index in [4.69, 9.17) is 8.92 Å². The number of anilines is 1. The van der Waals surface area contributed by atoms with E-state index in [-0.39, 0.29) is 5.91 Å². The number of carbonyl (C=O) groups is 1. The van der Waals surface area contributed by atoms with Gasteiger partial charge in [-0.15, -0.1) is 0 Å². The topological polar surface area (TPSA) is 71.3 Å². The Morgan fingerprint density at radius 2 is 2.18 bits per heavy atom. The quantitative estimate of drug-likeness (QED) is 0.441. The Hall–Kier alpha value is -1.76. The van der Waals surface area contributed by atoms with E-state index in [2.05, 4.69) is 23.5 Å². The first kappa shape index (κ1) is 19.6. The van der Waals surface area contributed by atoms with Crippen molar-refractivity contribution in [3.05, 3.63) is 46.5 Å². The van der Waals surface area contributed by atoms with E-state index in [1.807, 2.05) is 40.3 Å². The van der Waals surface area contributed by atoms with Crippen molar-refractivity contribution in [3.63, 3.8) is 0 Å². The minimum atomic E-state index is -0.715. The highest BCUT2D eigenvalue weighted by molar-refractivity contribution is 14.2. The number of carbonyl (C=O) groups excluding carboxylic acids is 1. The zero-order valence-corrected chi connectivity index (χ0v) is 18.4. The molecule has 0 fully saturated rings. The molecule has 0 aliphatic carbocycles. The molecule has 1 amide bonds. The second-order valence-corrected chi connectivity index (χ2v) is 8.40. The molecule has 0 bridgehead atoms. The number of halogens is 1. The lowest BCUT2D eigenvalue weighted by atomic mass is 9.84. The average molecular weight is 506 g/mol. The molecular weight excluding hydrogens is 487 g/mol. The number of nitriles is 1. The number of ether oxygens (including phenoxy) is 1. The minimum absolute atomic E-state index is 0.00854. The number of hydrogen-bond donors (Lipinski definition) is 1. The number of nitrogens with zero attached hydrogens (tertiary/aromatic N) is 1. The summed E-state index contributed by atoms with van der Waals surface area (Å²) in [6.45, 7) is 2.77. The van der Waals surface area contributed by atoms with Crippen LogP contribution in [0.25, 0.3) is 11.1 Å². The normalized spacial score (nSPS) is 16.2. The zero-order valence-electron chi connectivity index (χ0n) is 15.4. The molecule has 5 nitrogen and oxygen atoms in total. The molecule has 28 heavy (non-hydrogen) atoms. The van der Waals surface area contributed by atoms with Gasteiger partial charge in [-0.3, -0.25) is 8.98 Å². The molecule has 4 rings (SSSR count). The number of fused-ring (bicyclic) bond motifs is 2. The number of rotatable bonds is 4. The Bertz CT molecular complexity index is 987. The first-order valence-electron chi connectivity index (χ1n) is 9.18. The van der Waals surface area contributed by atoms with Crippen molar-refractivity contribution in [1.29, 1.82) is 5.26 Å². The number of benzene rings is 2. The van der Waals surface area contributed by atoms with Crippen molar-refractivity contribution in [2.45, 2.75) is 38.7 Å². The molecular formula is C21H19IN2O3S. The van der Waals surface area contributed by atoms with Crippen LogP contribution in [0.15, 0.2) is 24.3 Å². The van der Waals surface area contributed by atoms with Gasteiger partial charge in [0.15, 0.2) is 6.10 Å². The number of hydrogen-bond acceptors (Lipinski definition) is 5. The lowest BCUT2D eigenvalue weighted by molar-refractivity contribution is -0.116. The summed E-state index contributed by atoms with van der Waals surface area (Å²) in [7, 11) is 1.15. The van der Waals surface area contributed by atoms with E-state index in [0.717, 1.165) is 67.9 Å². The number of aryl methyl sites for hydroxylation is 2. The molecule has 1 N–H and O–H groups in total. The molecule has 144 valence electrons. The van der Waals surface area contributed by atoms with Gasteiger partial charge in [-0.25, -0.2) is 0 Å². The van der Waals surface area contributed by atoms with E-state index in [1.165, 1.54) is 5.56 Å². The van der Waals surface area contributed by atoms with Crippen LogP contribution in [-0.4, -0.2) is 12.5 Å². The van der Waals surface area contributed by atoms with Gasteiger partial charge in [0.25, 0.3) is 0 Å². The van der Waals surface area contributed by atoms with Crippen molar-refractivity contribution in [1.82, 2.24) is 0 Å². The summed E-state index contributed by atoms with van der Waals surface area (Å²) in [6, 6.07) is 10.5. The van der Waals surface area contributed by atoms with Crippen molar-refractivity contribution in [2.24, 2.45) is 0 Å². The molecule has 0 saturated heterocycles. The molecule has 2 aliphatic rings. The fourth-order valence-corrected chi connectivity index (χ4v) is 4.91. The van der Waals surface area contributed by atoms with Crippen LogP contribution in [0.3, 0.4) is 0 Å². The van der Waals surface area contributed by atoms with Crippen LogP contribution < -0.4 is 10.1 Å². The summed E-state index contributed by atoms with van der Waals surface area (Å²) in [4.78, 5) is 11.9. The van der Waals surface area contributed by atoms with E-state index in [0.29, 0.717) is 12.8 Å². The van der Waals surface area contributed by atoms with Crippen LogP contribution in [0.1, 0.15) is 41.2 Å². The van der Waals surface area contributed by atoms with Crippen molar-refractivity contribution in [2.75, 3.05) is 11.9 Å². The highest BCUT2D eigenvalue weighted by atomic mass is 127. The molecule has 1 unspecified atom stereocenters. The maximum atomic E-state index is 11.9. The molecule has 1 atom stereocenters. The van der Waals surface area contributed by atoms with E-state index in [1.54, 1.807) is 0 Å². The Morgan fingerprint density at radius 3 is 2.96 bits per heavy atom. The second-order valence-electron chi connectivity index (χ2n) is 7.00. The van der Waals surface area contributed by atoms with Gasteiger partial charge in [0.05, 0.1) is 15.8 Å². The third-order valence-electron chi connectivity index (χ3n) is 5.26. The molecule has 2 aromatic carbocycles. The fourth-order valence-electron chi connectivity index (χ4n) is 4.08. The van der Waals surface area contributed by atoms with Crippen LogP contribution in [0.4, 0.5) is 5.69 Å². The van der Waals surface area contributed by atoms with E-state index >= 15 is 0 Å². The number of amides is 1. The summed E-state index contributed by atoms with van der Waals surface area (Å²) < 4.78 is 11.5. The van der Waals surface area contributed by atoms with Crippen LogP contribution in [0.2, 0.25) is 0 Å². The first-order chi connectivity index (χ1) is 13.6. The Labute approximate surface area is 180 Å². The molecule has 7 heteroatoms. The minimum Gasteiger partial charge on any atom is -0.493 e. The van der Waals surface area contributed by atoms with Crippen molar-refractivity contribution in [3.8, 4) is 22.9 Å². The van der Waals surface area contributed by atoms with Gasteiger partial charge in [-0.2, -0.15) is 5.26 Å². The first-order valence-corrected chi connectivity index (χ1v) is 12.5. The third kappa shape index (κ3) is 3.61. The molecule has 2 aromatic rings. The van der Waals surface area contributed by atoms with Gasteiger partial charge in [0.1, 0.15) is 11.8 Å². The summed E-state index contributed by atoms with van der Waals surface area (Å²) in [5.41, 5.74) is 6.91. The van der Waals surface area contributed by atoms with Crippen molar-refractivity contribution >= 4 is 42.0 Å². The lowest BCUT2D eigenvalue weighted by Crippen LogP contribution is -2.22. The lowest BCUT2D eigenvalue weighted by Gasteiger charge is -2.27. The Morgan fingerprint density at radius 1 is 1.32 bits per heavy atom. The highest BCUT2D eigenvalue weighted by Gasteiger charge is 2.28. The van der Waals surface area contributed by atoms with E-state index < -0.39 is 6.10 Å². The van der Waals surface area contributed by atoms with Crippen LogP contribution in [-0.2, 0) is 21.8 Å². The highest BCUT2D eigenvalue weighted by Crippen LogP contribution is 2.43. The van der Waals surface area contributed by atoms with Crippen LogP contribution >= 0.6 is 30.4 Å². The fraction of sp³-hybridized carbons (Fsp3) is 0.333. The average Bonchev–Trinajstić information content (AvgIpc) is 2.70. The SMILES string of the molecule is Cc1cc2c(c(C(C#N)OSI)c1-c1ccc3c(c1)CCCO3)CCC(=O)N2. The smallest absolute Gasteiger partial charge is 0.224 e. The Kier molecular flexibility index (Phi) is 5.80. The predicted molar refractivity (Wildman–Crippen MR) is 118 cm³/mol. The van der Waals surface area contributed by atoms with Gasteiger partial charge >= 0.3 is 0 Å². The zero-order chi connectivity index (χ0) is 19.7. The monoisotopic (exact) mass is 506 g/mol. The Balaban J connectivity index is 1.93. The molecule has 0 spiro atoms. The van der Waals surface area contributed by atoms with Gasteiger partial charge in [-0.1, -0.05) is 6.07 Å². The maximum absolute atomic E-state index is 11.9. The molecule has 2 aliphatic heterocycles. The number of nitrogens with one attached hydrogen (secondary N) is 1. The maximum Gasteiger partial charge on any atom is 0.224 e. The van der Waals surface area contributed by atoms with Gasteiger partial charge in [0, 0.05) is 38.9 Å². The molecule has 2 heterocycles. The van der Waals surface area contributed by atoms with Gasteiger partial charge < -0.3 is 10.1 Å². The van der Waals surface area contributed by atoms with Gasteiger partial charge in [0.2, 0.25) is 5.91 Å². The molecule has 0 saturated carbocycles. The third-order valence-corrected chi connectivity index (χ3v) is 6.15. The van der Waals surface area contributed by atoms with E-state index in [9.17, 15) is 10.1 Å². The predicted octanol–water partition coefficient (Wildman–Crippen LogP) is 5.45. The summed E-state index contributed by atoms with van der Waals surface area (Å²) in [5.74, 6) is 0.949. The summed E-state index contributed by atoms with van der Waals surface area (Å²) in [5, 5.41) is 12.8. The standard InChI is InChI=1S/C21H19IN2O3S/c1-12-9-16-15(5-7-19(25)24-16)21(18(11-23)27-28-22)20(12)14-4-6-17-13(10-14)3-2-8-26-17/h4,6,9-10,18H,2-3,5,7-8H2,1H3,(H,24,25).